The van der Waals surface area contributed by atoms with Crippen LogP contribution in [0.5, 0.6) is 0 Å². The Kier molecular flexibility index (Phi) is 8.16. The third-order valence-electron chi connectivity index (χ3n) is 6.29. The van der Waals surface area contributed by atoms with Gasteiger partial charge in [-0.3, -0.25) is 14.4 Å². The topological polar surface area (TPSA) is 88.4 Å². The standard InChI is InChI=1S/C25H36N3O6S/c1-17(2)32-14-13-27-18-9-12-26-15-33-21(30)24(3,4)10-7-8-11-25(5,6)22(31)34-16-28(23(27)35)20(29)19(18)26/h7-9,12,17,19H,10-11,13-16H2,1-6H3/q+1/b8-7-. The first-order chi connectivity index (χ1) is 16.3. The predicted molar refractivity (Wildman–Crippen MR) is 133 cm³/mol. The number of carbonyl (C=O) groups is 3. The molecule has 3 heterocycles. The molecule has 9 nitrogen and oxygen atoms in total. The number of rotatable bonds is 4. The number of cyclic esters (lactones) is 2. The maximum atomic E-state index is 13.5. The van der Waals surface area contributed by atoms with E-state index in [9.17, 15) is 14.4 Å². The van der Waals surface area contributed by atoms with E-state index in [1.165, 1.54) is 4.90 Å². The van der Waals surface area contributed by atoms with Crippen LogP contribution in [-0.2, 0) is 28.6 Å². The molecule has 3 aliphatic heterocycles. The molecule has 2 bridgehead atoms. The van der Waals surface area contributed by atoms with E-state index in [0.717, 1.165) is 0 Å². The van der Waals surface area contributed by atoms with E-state index in [4.69, 9.17) is 26.4 Å². The molecule has 0 saturated carbocycles. The van der Waals surface area contributed by atoms with Crippen LogP contribution in [0, 0.1) is 10.8 Å². The van der Waals surface area contributed by atoms with Crippen molar-refractivity contribution in [3.8, 4) is 0 Å². The fourth-order valence-corrected chi connectivity index (χ4v) is 4.27. The molecule has 0 aromatic heterocycles. The summed E-state index contributed by atoms with van der Waals surface area (Å²) in [5.41, 5.74) is -0.907. The summed E-state index contributed by atoms with van der Waals surface area (Å²) in [6, 6.07) is -0.754. The van der Waals surface area contributed by atoms with Gasteiger partial charge < -0.3 is 19.1 Å². The zero-order valence-electron chi connectivity index (χ0n) is 21.4. The van der Waals surface area contributed by atoms with Crippen molar-refractivity contribution in [1.82, 2.24) is 9.80 Å². The number of carbonyl (C=O) groups excluding carboxylic acids is 3. The van der Waals surface area contributed by atoms with Crippen molar-refractivity contribution in [3.05, 3.63) is 23.9 Å². The van der Waals surface area contributed by atoms with E-state index in [1.807, 2.05) is 44.7 Å². The van der Waals surface area contributed by atoms with Crippen molar-refractivity contribution in [1.29, 1.82) is 0 Å². The number of hydrogen-bond acceptors (Lipinski definition) is 7. The van der Waals surface area contributed by atoms with Gasteiger partial charge in [-0.1, -0.05) is 12.2 Å². The fraction of sp³-hybridized carbons (Fsp3) is 0.640. The summed E-state index contributed by atoms with van der Waals surface area (Å²) in [7, 11) is 0. The first-order valence-corrected chi connectivity index (χ1v) is 12.3. The third kappa shape index (κ3) is 5.98. The Morgan fingerprint density at radius 3 is 2.29 bits per heavy atom. The van der Waals surface area contributed by atoms with Gasteiger partial charge in [0.1, 0.15) is 5.70 Å². The normalized spacial score (nSPS) is 25.7. The molecule has 0 aromatic carbocycles. The Morgan fingerprint density at radius 1 is 1.09 bits per heavy atom. The van der Waals surface area contributed by atoms with Gasteiger partial charge in [-0.15, -0.1) is 0 Å². The molecule has 1 unspecified atom stereocenters. The van der Waals surface area contributed by atoms with Crippen molar-refractivity contribution < 1.29 is 33.2 Å². The van der Waals surface area contributed by atoms with Gasteiger partial charge in [0.05, 0.1) is 23.5 Å². The molecule has 1 atom stereocenters. The van der Waals surface area contributed by atoms with E-state index in [0.29, 0.717) is 31.7 Å². The number of fused-ring (bicyclic) bond motifs is 1. The van der Waals surface area contributed by atoms with Gasteiger partial charge in [-0.25, -0.2) is 4.90 Å². The van der Waals surface area contributed by atoms with Crippen LogP contribution in [0.1, 0.15) is 54.4 Å². The minimum absolute atomic E-state index is 0.0427. The summed E-state index contributed by atoms with van der Waals surface area (Å²) in [5.74, 6) is -1.15. The average Bonchev–Trinajstić information content (AvgIpc) is 3.20. The maximum absolute atomic E-state index is 13.5. The zero-order valence-corrected chi connectivity index (χ0v) is 22.2. The lowest BCUT2D eigenvalue weighted by molar-refractivity contribution is -0.571. The summed E-state index contributed by atoms with van der Waals surface area (Å²) >= 11 is 5.64. The molecule has 0 aliphatic carbocycles. The molecule has 1 amide bonds. The number of esters is 2. The molecule has 3 rings (SSSR count). The summed E-state index contributed by atoms with van der Waals surface area (Å²) < 4.78 is 18.6. The highest BCUT2D eigenvalue weighted by Crippen LogP contribution is 2.30. The van der Waals surface area contributed by atoms with Gasteiger partial charge in [0.15, 0.2) is 18.1 Å². The molecule has 192 valence electrons. The Bertz CT molecular complexity index is 982. The molecule has 35 heavy (non-hydrogen) atoms. The van der Waals surface area contributed by atoms with Crippen LogP contribution in [0.3, 0.4) is 0 Å². The first-order valence-electron chi connectivity index (χ1n) is 11.9. The molecule has 0 N–H and O–H groups in total. The van der Waals surface area contributed by atoms with Crippen LogP contribution >= 0.6 is 12.2 Å². The Hall–Kier alpha value is -2.59. The second-order valence-corrected chi connectivity index (χ2v) is 10.9. The van der Waals surface area contributed by atoms with Crippen LogP contribution in [0.4, 0.5) is 0 Å². The molecule has 10 heteroatoms. The number of ether oxygens (including phenoxy) is 3. The number of amides is 1. The predicted octanol–water partition coefficient (Wildman–Crippen LogP) is 2.59. The lowest BCUT2D eigenvalue weighted by Gasteiger charge is -2.39. The second kappa shape index (κ2) is 10.6. The number of allylic oxidation sites excluding steroid dienone is 3. The monoisotopic (exact) mass is 506 g/mol. The van der Waals surface area contributed by atoms with Crippen LogP contribution in [0.2, 0.25) is 0 Å². The average molecular weight is 507 g/mol. The van der Waals surface area contributed by atoms with Gasteiger partial charge in [0.2, 0.25) is 0 Å². The van der Waals surface area contributed by atoms with E-state index in [2.05, 4.69) is 0 Å². The first kappa shape index (κ1) is 27.0. The molecular weight excluding hydrogens is 470 g/mol. The zero-order chi connectivity index (χ0) is 26.0. The SMILES string of the molecule is CC(C)OCCN1C(=S)N2COC(=O)C(C)(C)C/C=C\CC(C)(C)C(=O)OC[N+]3=CC=C1C3C2=O. The Balaban J connectivity index is 1.92. The highest BCUT2D eigenvalue weighted by atomic mass is 32.1. The number of thiocarbonyl (C=S) groups is 1. The quantitative estimate of drug-likeness (QED) is 0.249. The van der Waals surface area contributed by atoms with Crippen LogP contribution < -0.4 is 0 Å². The van der Waals surface area contributed by atoms with Gasteiger partial charge in [0.25, 0.3) is 12.8 Å². The lowest BCUT2D eigenvalue weighted by atomic mass is 9.86. The van der Waals surface area contributed by atoms with Crippen molar-refractivity contribution in [2.45, 2.75) is 66.5 Å². The van der Waals surface area contributed by atoms with Crippen molar-refractivity contribution >= 4 is 41.4 Å². The summed E-state index contributed by atoms with van der Waals surface area (Å²) in [4.78, 5) is 42.3. The van der Waals surface area contributed by atoms with Crippen molar-refractivity contribution in [3.63, 3.8) is 0 Å². The summed E-state index contributed by atoms with van der Waals surface area (Å²) in [6.07, 6.45) is 8.20. The van der Waals surface area contributed by atoms with Crippen molar-refractivity contribution in [2.75, 3.05) is 26.6 Å². The molecule has 0 radical (unpaired) electrons. The van der Waals surface area contributed by atoms with E-state index < -0.39 is 22.8 Å². The van der Waals surface area contributed by atoms with Gasteiger partial charge >= 0.3 is 17.8 Å². The van der Waals surface area contributed by atoms with E-state index >= 15 is 0 Å². The second-order valence-electron chi connectivity index (χ2n) is 10.5. The Morgan fingerprint density at radius 2 is 1.69 bits per heavy atom. The smallest absolute Gasteiger partial charge is 0.316 e. The molecule has 0 aromatic rings. The van der Waals surface area contributed by atoms with Gasteiger partial charge in [0, 0.05) is 12.6 Å². The lowest BCUT2D eigenvalue weighted by Crippen LogP contribution is -2.60. The fourth-order valence-electron chi connectivity index (χ4n) is 3.93. The Labute approximate surface area is 212 Å². The third-order valence-corrected chi connectivity index (χ3v) is 6.73. The maximum Gasteiger partial charge on any atom is 0.316 e. The van der Waals surface area contributed by atoms with Crippen LogP contribution in [0.15, 0.2) is 23.9 Å². The van der Waals surface area contributed by atoms with Crippen LogP contribution in [0.25, 0.3) is 0 Å². The highest BCUT2D eigenvalue weighted by Gasteiger charge is 2.50. The van der Waals surface area contributed by atoms with Crippen LogP contribution in [-0.4, -0.2) is 82.3 Å². The minimum Gasteiger partial charge on any atom is -0.443 e. The van der Waals surface area contributed by atoms with E-state index in [1.54, 1.807) is 30.7 Å². The molecule has 0 spiro atoms. The van der Waals surface area contributed by atoms with Gasteiger partial charge in [-0.05, 0) is 66.6 Å². The number of nitrogens with zero attached hydrogens (tertiary/aromatic N) is 3. The molecule has 1 fully saturated rings. The molecule has 3 aliphatic rings. The number of hydrogen-bond donors (Lipinski definition) is 0. The summed E-state index contributed by atoms with van der Waals surface area (Å²) in [6.45, 7) is 11.5. The van der Waals surface area contributed by atoms with E-state index in [-0.39, 0.29) is 36.6 Å². The largest absolute Gasteiger partial charge is 0.443 e. The molecule has 1 saturated heterocycles. The molecular formula is C25H36N3O6S+. The highest BCUT2D eigenvalue weighted by molar-refractivity contribution is 7.80. The minimum atomic E-state index is -0.818. The summed E-state index contributed by atoms with van der Waals surface area (Å²) in [5, 5.41) is 0.241. The van der Waals surface area contributed by atoms with Gasteiger partial charge in [-0.2, -0.15) is 4.58 Å². The van der Waals surface area contributed by atoms with Crippen molar-refractivity contribution in [2.24, 2.45) is 10.8 Å².